The number of pyridine rings is 1. The fourth-order valence-electron chi connectivity index (χ4n) is 2.17. The summed E-state index contributed by atoms with van der Waals surface area (Å²) in [5, 5.41) is 5.24. The van der Waals surface area contributed by atoms with Crippen LogP contribution < -0.4 is 10.6 Å². The minimum atomic E-state index is -0.715. The maximum Gasteiger partial charge on any atom is 0.313 e. The minimum absolute atomic E-state index is 0.0960. The van der Waals surface area contributed by atoms with Gasteiger partial charge in [0.25, 0.3) is 0 Å². The van der Waals surface area contributed by atoms with Gasteiger partial charge in [-0.05, 0) is 43.2 Å². The molecular formula is C18H21N3O3. The van der Waals surface area contributed by atoms with Crippen molar-refractivity contribution in [1.82, 2.24) is 10.3 Å². The Labute approximate surface area is 141 Å². The van der Waals surface area contributed by atoms with Crippen molar-refractivity contribution in [1.29, 1.82) is 0 Å². The third-order valence-electron chi connectivity index (χ3n) is 3.71. The summed E-state index contributed by atoms with van der Waals surface area (Å²) in [5.74, 6) is -1.41. The van der Waals surface area contributed by atoms with Gasteiger partial charge < -0.3 is 15.4 Å². The van der Waals surface area contributed by atoms with Crippen LogP contribution in [0.4, 0.5) is 5.69 Å². The van der Waals surface area contributed by atoms with E-state index < -0.39 is 11.8 Å². The van der Waals surface area contributed by atoms with E-state index in [1.54, 1.807) is 50.7 Å². The fourth-order valence-corrected chi connectivity index (χ4v) is 2.17. The van der Waals surface area contributed by atoms with E-state index in [0.29, 0.717) is 5.69 Å². The first kappa shape index (κ1) is 17.6. The number of carbonyl (C=O) groups is 2. The van der Waals surface area contributed by atoms with Crippen molar-refractivity contribution in [2.24, 2.45) is 0 Å². The number of methoxy groups -OCH3 is 1. The first-order valence-electron chi connectivity index (χ1n) is 7.65. The van der Waals surface area contributed by atoms with Crippen LogP contribution in [0.2, 0.25) is 0 Å². The smallest absolute Gasteiger partial charge is 0.313 e. The highest BCUT2D eigenvalue weighted by Crippen LogP contribution is 2.19. The lowest BCUT2D eigenvalue weighted by Crippen LogP contribution is -2.36. The zero-order chi connectivity index (χ0) is 17.5. The van der Waals surface area contributed by atoms with E-state index in [1.807, 2.05) is 19.1 Å². The first-order chi connectivity index (χ1) is 11.5. The monoisotopic (exact) mass is 327 g/mol. The Hall–Kier alpha value is -2.73. The Morgan fingerprint density at radius 3 is 2.50 bits per heavy atom. The van der Waals surface area contributed by atoms with Gasteiger partial charge in [0.05, 0.1) is 12.1 Å². The van der Waals surface area contributed by atoms with Gasteiger partial charge in [-0.25, -0.2) is 0 Å². The van der Waals surface area contributed by atoms with Crippen molar-refractivity contribution < 1.29 is 14.3 Å². The molecule has 0 saturated heterocycles. The van der Waals surface area contributed by atoms with Gasteiger partial charge >= 0.3 is 11.8 Å². The van der Waals surface area contributed by atoms with Crippen LogP contribution in [-0.4, -0.2) is 23.9 Å². The predicted molar refractivity (Wildman–Crippen MR) is 91.3 cm³/mol. The molecule has 2 N–H and O–H groups in total. The van der Waals surface area contributed by atoms with Gasteiger partial charge in [0.2, 0.25) is 0 Å². The number of benzene rings is 1. The van der Waals surface area contributed by atoms with E-state index in [9.17, 15) is 9.59 Å². The number of carbonyl (C=O) groups excluding carboxylic acids is 2. The summed E-state index contributed by atoms with van der Waals surface area (Å²) in [6, 6.07) is 10.5. The van der Waals surface area contributed by atoms with Crippen LogP contribution in [0.3, 0.4) is 0 Å². The topological polar surface area (TPSA) is 80.3 Å². The Morgan fingerprint density at radius 1 is 1.08 bits per heavy atom. The van der Waals surface area contributed by atoms with Crippen molar-refractivity contribution in [2.75, 3.05) is 12.4 Å². The molecule has 0 aliphatic carbocycles. The molecular weight excluding hydrogens is 306 g/mol. The van der Waals surface area contributed by atoms with E-state index >= 15 is 0 Å². The van der Waals surface area contributed by atoms with Gasteiger partial charge in [0.15, 0.2) is 0 Å². The number of nitrogens with one attached hydrogen (secondary N) is 2. The lowest BCUT2D eigenvalue weighted by molar-refractivity contribution is -0.136. The van der Waals surface area contributed by atoms with Crippen LogP contribution >= 0.6 is 0 Å². The van der Waals surface area contributed by atoms with Crippen LogP contribution in [0.1, 0.15) is 37.1 Å². The molecule has 0 spiro atoms. The van der Waals surface area contributed by atoms with Crippen molar-refractivity contribution in [3.05, 3.63) is 59.9 Å². The van der Waals surface area contributed by atoms with Crippen LogP contribution in [0.15, 0.2) is 48.8 Å². The highest BCUT2D eigenvalue weighted by molar-refractivity contribution is 6.39. The Kier molecular flexibility index (Phi) is 6.03. The number of nitrogens with zero attached hydrogens (tertiary/aromatic N) is 1. The first-order valence-corrected chi connectivity index (χ1v) is 7.65. The van der Waals surface area contributed by atoms with Crippen molar-refractivity contribution in [2.45, 2.75) is 26.0 Å². The zero-order valence-corrected chi connectivity index (χ0v) is 13.9. The summed E-state index contributed by atoms with van der Waals surface area (Å²) < 4.78 is 5.25. The Morgan fingerprint density at radius 2 is 1.83 bits per heavy atom. The molecule has 1 heterocycles. The number of hydrogen-bond acceptors (Lipinski definition) is 4. The molecule has 0 radical (unpaired) electrons. The van der Waals surface area contributed by atoms with Crippen molar-refractivity contribution in [3.63, 3.8) is 0 Å². The Bertz CT molecular complexity index is 704. The molecule has 126 valence electrons. The maximum absolute atomic E-state index is 12.1. The number of aromatic nitrogens is 1. The van der Waals surface area contributed by atoms with E-state index in [0.717, 1.165) is 11.1 Å². The normalized spacial score (nSPS) is 13.0. The van der Waals surface area contributed by atoms with Gasteiger partial charge in [0.1, 0.15) is 0 Å². The predicted octanol–water partition coefficient (Wildman–Crippen LogP) is 2.60. The quantitative estimate of drug-likeness (QED) is 0.827. The van der Waals surface area contributed by atoms with Gasteiger partial charge in [-0.2, -0.15) is 0 Å². The van der Waals surface area contributed by atoms with E-state index in [2.05, 4.69) is 15.6 Å². The molecule has 2 atom stereocenters. The molecule has 6 heteroatoms. The summed E-state index contributed by atoms with van der Waals surface area (Å²) in [5.41, 5.74) is 2.29. The molecule has 0 fully saturated rings. The molecule has 0 saturated carbocycles. The van der Waals surface area contributed by atoms with Crippen LogP contribution in [0, 0.1) is 0 Å². The molecule has 0 aliphatic heterocycles. The number of anilines is 1. The molecule has 0 aliphatic rings. The largest absolute Gasteiger partial charge is 0.377 e. The number of amides is 2. The number of hydrogen-bond donors (Lipinski definition) is 2. The summed E-state index contributed by atoms with van der Waals surface area (Å²) in [6.07, 6.45) is 3.21. The standard InChI is InChI=1S/C18H21N3O3/c1-12(15-7-5-9-19-11-15)20-17(22)18(23)21-16-8-4-6-14(10-16)13(2)24-3/h4-13H,1-3H3,(H,20,22)(H,21,23)/t12-,13-/m1/s1. The molecule has 2 aromatic rings. The van der Waals surface area contributed by atoms with E-state index in [1.165, 1.54) is 0 Å². The molecule has 1 aromatic carbocycles. The van der Waals surface area contributed by atoms with Gasteiger partial charge in [0, 0.05) is 25.2 Å². The average molecular weight is 327 g/mol. The fraction of sp³-hybridized carbons (Fsp3) is 0.278. The third-order valence-corrected chi connectivity index (χ3v) is 3.71. The van der Waals surface area contributed by atoms with Gasteiger partial charge in [-0.1, -0.05) is 18.2 Å². The summed E-state index contributed by atoms with van der Waals surface area (Å²) in [6.45, 7) is 3.70. The molecule has 2 amide bonds. The second-order valence-electron chi connectivity index (χ2n) is 5.44. The summed E-state index contributed by atoms with van der Waals surface area (Å²) in [7, 11) is 1.61. The van der Waals surface area contributed by atoms with E-state index in [4.69, 9.17) is 4.74 Å². The number of ether oxygens (including phenoxy) is 1. The highest BCUT2D eigenvalue weighted by atomic mass is 16.5. The zero-order valence-electron chi connectivity index (χ0n) is 13.9. The van der Waals surface area contributed by atoms with E-state index in [-0.39, 0.29) is 12.1 Å². The molecule has 2 rings (SSSR count). The lowest BCUT2D eigenvalue weighted by Gasteiger charge is -2.14. The third kappa shape index (κ3) is 4.63. The Balaban J connectivity index is 1.98. The molecule has 0 unspecified atom stereocenters. The molecule has 0 bridgehead atoms. The molecule has 24 heavy (non-hydrogen) atoms. The maximum atomic E-state index is 12.1. The SMILES string of the molecule is CO[C@H](C)c1cccc(NC(=O)C(=O)N[C@H](C)c2cccnc2)c1. The summed E-state index contributed by atoms with van der Waals surface area (Å²) >= 11 is 0. The second kappa shape index (κ2) is 8.21. The van der Waals surface area contributed by atoms with Gasteiger partial charge in [-0.3, -0.25) is 14.6 Å². The minimum Gasteiger partial charge on any atom is -0.377 e. The van der Waals surface area contributed by atoms with Crippen LogP contribution in [0.25, 0.3) is 0 Å². The van der Waals surface area contributed by atoms with Crippen LogP contribution in [-0.2, 0) is 14.3 Å². The average Bonchev–Trinajstić information content (AvgIpc) is 2.61. The van der Waals surface area contributed by atoms with Crippen molar-refractivity contribution >= 4 is 17.5 Å². The number of rotatable bonds is 5. The van der Waals surface area contributed by atoms with Crippen molar-refractivity contribution in [3.8, 4) is 0 Å². The summed E-state index contributed by atoms with van der Waals surface area (Å²) in [4.78, 5) is 28.1. The second-order valence-corrected chi connectivity index (χ2v) is 5.44. The highest BCUT2D eigenvalue weighted by Gasteiger charge is 2.17. The lowest BCUT2D eigenvalue weighted by atomic mass is 10.1. The molecule has 1 aromatic heterocycles. The van der Waals surface area contributed by atoms with Crippen LogP contribution in [0.5, 0.6) is 0 Å². The van der Waals surface area contributed by atoms with Gasteiger partial charge in [-0.15, -0.1) is 0 Å². The molecule has 6 nitrogen and oxygen atoms in total.